The number of ether oxygens (including phenoxy) is 4. The first kappa shape index (κ1) is 48.7. The van der Waals surface area contributed by atoms with E-state index < -0.39 is 30.0 Å². The van der Waals surface area contributed by atoms with Crippen molar-refractivity contribution in [3.8, 4) is 46.8 Å². The zero-order valence-electron chi connectivity index (χ0n) is 37.0. The summed E-state index contributed by atoms with van der Waals surface area (Å²) in [6.07, 6.45) is 2.55. The molecule has 19 heteroatoms. The SMILES string of the molecule is CCNCC.O=S(=O)(O)c1cc(Nc2cc(Oc3ccccc3)nc(Oc3ccccc3)n2)ccc1C=Cc1ccc(Nc2cc(Oc3ccccc3)nc(Oc3ccccc3)n2)cc1S(=O)(=O)O. The van der Waals surface area contributed by atoms with Crippen molar-refractivity contribution in [2.45, 2.75) is 23.6 Å². The maximum Gasteiger partial charge on any atom is 0.327 e. The minimum atomic E-state index is -4.86. The molecule has 0 saturated heterocycles. The minimum absolute atomic E-state index is 0.0155. The second kappa shape index (κ2) is 23.0. The smallest absolute Gasteiger partial charge is 0.327 e. The summed E-state index contributed by atoms with van der Waals surface area (Å²) >= 11 is 0. The van der Waals surface area contributed by atoms with E-state index in [9.17, 15) is 25.9 Å². The third-order valence-corrected chi connectivity index (χ3v) is 11.1. The normalized spacial score (nSPS) is 11.2. The number of hydrogen-bond donors (Lipinski definition) is 5. The lowest BCUT2D eigenvalue weighted by atomic mass is 10.1. The minimum Gasteiger partial charge on any atom is -0.439 e. The molecule has 0 aliphatic rings. The molecule has 0 saturated carbocycles. The van der Waals surface area contributed by atoms with E-state index in [1.54, 1.807) is 97.1 Å². The van der Waals surface area contributed by atoms with Crippen molar-refractivity contribution >= 4 is 55.4 Å². The number of anilines is 4. The Hall–Kier alpha value is -8.20. The fourth-order valence-corrected chi connectivity index (χ4v) is 7.63. The van der Waals surface area contributed by atoms with Crippen LogP contribution in [0.15, 0.2) is 180 Å². The number of aromatic nitrogens is 4. The van der Waals surface area contributed by atoms with Crippen LogP contribution in [-0.4, -0.2) is 59.0 Å². The van der Waals surface area contributed by atoms with E-state index in [0.717, 1.165) is 25.2 Å². The van der Waals surface area contributed by atoms with Crippen LogP contribution in [0.5, 0.6) is 46.8 Å². The van der Waals surface area contributed by atoms with Crippen LogP contribution >= 0.6 is 0 Å². The van der Waals surface area contributed by atoms with Crippen LogP contribution in [0.1, 0.15) is 25.0 Å². The maximum absolute atomic E-state index is 12.7. The monoisotopic (exact) mass is 967 g/mol. The molecule has 0 radical (unpaired) electrons. The van der Waals surface area contributed by atoms with E-state index in [0.29, 0.717) is 23.0 Å². The highest BCUT2D eigenvalue weighted by Crippen LogP contribution is 2.32. The Labute approximate surface area is 399 Å². The number of para-hydroxylation sites is 4. The van der Waals surface area contributed by atoms with Gasteiger partial charge in [0.25, 0.3) is 20.2 Å². The molecular weight excluding hydrogens is 923 g/mol. The van der Waals surface area contributed by atoms with Gasteiger partial charge in [0.2, 0.25) is 11.8 Å². The van der Waals surface area contributed by atoms with Gasteiger partial charge in [0.15, 0.2) is 0 Å². The first-order valence-corrected chi connectivity index (χ1v) is 24.0. The summed E-state index contributed by atoms with van der Waals surface area (Å²) in [6.45, 7) is 6.39. The predicted octanol–water partition coefficient (Wildman–Crippen LogP) is 11.2. The zero-order chi connectivity index (χ0) is 48.6. The number of nitrogens with zero attached hydrogens (tertiary/aromatic N) is 4. The van der Waals surface area contributed by atoms with Gasteiger partial charge in [-0.15, -0.1) is 0 Å². The predicted molar refractivity (Wildman–Crippen MR) is 262 cm³/mol. The summed E-state index contributed by atoms with van der Waals surface area (Å²) in [4.78, 5) is 16.5. The fraction of sp³-hybridized carbons (Fsp3) is 0.0800. The zero-order valence-corrected chi connectivity index (χ0v) is 38.6. The number of rotatable bonds is 18. The molecule has 8 aromatic rings. The molecule has 5 N–H and O–H groups in total. The third kappa shape index (κ3) is 14.6. The summed E-state index contributed by atoms with van der Waals surface area (Å²) in [5.41, 5.74) is 0.345. The highest BCUT2D eigenvalue weighted by molar-refractivity contribution is 7.86. The maximum atomic E-state index is 12.7. The molecule has 17 nitrogen and oxygen atoms in total. The Morgan fingerprint density at radius 2 is 0.783 bits per heavy atom. The van der Waals surface area contributed by atoms with Crippen LogP contribution in [0, 0.1) is 0 Å². The van der Waals surface area contributed by atoms with E-state index in [-0.39, 0.29) is 57.9 Å². The molecule has 0 atom stereocenters. The molecule has 0 bridgehead atoms. The van der Waals surface area contributed by atoms with Crippen molar-refractivity contribution in [3.63, 3.8) is 0 Å². The molecule has 6 aromatic carbocycles. The van der Waals surface area contributed by atoms with Crippen molar-refractivity contribution in [1.82, 2.24) is 25.3 Å². The van der Waals surface area contributed by atoms with Gasteiger partial charge < -0.3 is 34.9 Å². The molecule has 0 aliphatic carbocycles. The molecule has 8 rings (SSSR count). The van der Waals surface area contributed by atoms with Gasteiger partial charge in [-0.3, -0.25) is 9.11 Å². The summed E-state index contributed by atoms with van der Waals surface area (Å²) in [6, 6.07) is 46.3. The van der Waals surface area contributed by atoms with Crippen LogP contribution in [0.2, 0.25) is 0 Å². The molecule has 352 valence electrons. The lowest BCUT2D eigenvalue weighted by Gasteiger charge is -2.13. The molecule has 69 heavy (non-hydrogen) atoms. The molecule has 0 fully saturated rings. The number of nitrogens with one attached hydrogen (secondary N) is 3. The van der Waals surface area contributed by atoms with Crippen LogP contribution in [0.25, 0.3) is 12.2 Å². The van der Waals surface area contributed by atoms with Gasteiger partial charge in [0.05, 0.1) is 0 Å². The molecule has 0 spiro atoms. The van der Waals surface area contributed by atoms with Crippen LogP contribution < -0.4 is 34.9 Å². The third-order valence-electron chi connectivity index (χ3n) is 9.27. The molecule has 0 amide bonds. The van der Waals surface area contributed by atoms with Gasteiger partial charge in [0, 0.05) is 23.5 Å². The Morgan fingerprint density at radius 1 is 0.449 bits per heavy atom. The average molecular weight is 968 g/mol. The summed E-state index contributed by atoms with van der Waals surface area (Å²) in [7, 11) is -9.72. The van der Waals surface area contributed by atoms with Gasteiger partial charge in [-0.1, -0.05) is 111 Å². The van der Waals surface area contributed by atoms with Gasteiger partial charge in [0.1, 0.15) is 44.4 Å². The molecule has 2 aromatic heterocycles. The summed E-state index contributed by atoms with van der Waals surface area (Å²) < 4.78 is 95.1. The molecule has 0 aliphatic heterocycles. The number of hydrogen-bond acceptors (Lipinski definition) is 15. The molecule has 0 unspecified atom stereocenters. The topological polar surface area (TPSA) is 233 Å². The lowest BCUT2D eigenvalue weighted by Crippen LogP contribution is -2.09. The van der Waals surface area contributed by atoms with Crippen molar-refractivity contribution in [1.29, 1.82) is 0 Å². The van der Waals surface area contributed by atoms with E-state index in [4.69, 9.17) is 18.9 Å². The molecule has 2 heterocycles. The van der Waals surface area contributed by atoms with E-state index >= 15 is 0 Å². The Bertz CT molecular complexity index is 2890. The van der Waals surface area contributed by atoms with E-state index in [2.05, 4.69) is 49.7 Å². The largest absolute Gasteiger partial charge is 0.439 e. The van der Waals surface area contributed by atoms with Gasteiger partial charge >= 0.3 is 12.0 Å². The van der Waals surface area contributed by atoms with Crippen LogP contribution in [-0.2, 0) is 20.2 Å². The Morgan fingerprint density at radius 3 is 1.09 bits per heavy atom. The first-order valence-electron chi connectivity index (χ1n) is 21.2. The van der Waals surface area contributed by atoms with Crippen LogP contribution in [0.4, 0.5) is 23.0 Å². The lowest BCUT2D eigenvalue weighted by molar-refractivity contribution is 0.412. The fourth-order valence-electron chi connectivity index (χ4n) is 6.21. The van der Waals surface area contributed by atoms with Crippen molar-refractivity contribution in [3.05, 3.63) is 181 Å². The van der Waals surface area contributed by atoms with Crippen LogP contribution in [0.3, 0.4) is 0 Å². The van der Waals surface area contributed by atoms with Gasteiger partial charge in [-0.05, 0) is 97.0 Å². The van der Waals surface area contributed by atoms with Crippen molar-refractivity contribution in [2.24, 2.45) is 0 Å². The van der Waals surface area contributed by atoms with Gasteiger partial charge in [-0.25, -0.2) is 0 Å². The summed E-state index contributed by atoms with van der Waals surface area (Å²) in [5.74, 6) is 2.42. The second-order valence-electron chi connectivity index (χ2n) is 14.4. The van der Waals surface area contributed by atoms with Crippen molar-refractivity contribution in [2.75, 3.05) is 23.7 Å². The highest BCUT2D eigenvalue weighted by Gasteiger charge is 2.19. The number of benzene rings is 6. The Balaban J connectivity index is 0.00000134. The second-order valence-corrected chi connectivity index (χ2v) is 17.2. The van der Waals surface area contributed by atoms with E-state index in [1.165, 1.54) is 48.6 Å². The Kier molecular flexibility index (Phi) is 16.2. The quantitative estimate of drug-likeness (QED) is 0.0397. The van der Waals surface area contributed by atoms with Gasteiger partial charge in [-0.2, -0.15) is 36.8 Å². The van der Waals surface area contributed by atoms with E-state index in [1.807, 2.05) is 24.3 Å². The highest BCUT2D eigenvalue weighted by atomic mass is 32.2. The standard InChI is InChI=1S/C46H34N6O10S2.C4H11N/c53-63(54,55)39-27-33(47-41-29-43(59-35-13-5-1-6-14-35)51-45(49-41)61-37-17-9-3-10-18-37)25-23-31(39)21-22-32-24-26-34(28-40(32)64(56,57)58)48-42-30-44(60-36-15-7-2-8-16-36)52-46(50-42)62-38-19-11-4-12-20-38;1-3-5-4-2/h1-30H,(H,47,49,51)(H,48,50,52)(H,53,54,55)(H,56,57,58);5H,3-4H2,1-2H3. The van der Waals surface area contributed by atoms with Crippen molar-refractivity contribution < 1.29 is 44.9 Å². The summed E-state index contributed by atoms with van der Waals surface area (Å²) in [5, 5.41) is 9.11. The molecular formula is C50H45N7O10S2. The average Bonchev–Trinajstić information content (AvgIpc) is 3.32. The first-order chi connectivity index (χ1) is 33.3.